The summed E-state index contributed by atoms with van der Waals surface area (Å²) in [4.78, 5) is 24.6. The second-order valence-corrected chi connectivity index (χ2v) is 5.60. The van der Waals surface area contributed by atoms with E-state index in [9.17, 15) is 14.7 Å². The van der Waals surface area contributed by atoms with Crippen LogP contribution in [0.1, 0.15) is 19.8 Å². The van der Waals surface area contributed by atoms with E-state index in [1.54, 1.807) is 0 Å². The third-order valence-electron chi connectivity index (χ3n) is 3.56. The van der Waals surface area contributed by atoms with Crippen LogP contribution in [0, 0.1) is 5.92 Å². The number of amides is 1. The molecule has 0 aromatic rings. The Balaban J connectivity index is 2.83. The van der Waals surface area contributed by atoms with Crippen molar-refractivity contribution in [1.29, 1.82) is 0 Å². The minimum absolute atomic E-state index is 0.0825. The van der Waals surface area contributed by atoms with Crippen LogP contribution in [-0.4, -0.2) is 63.7 Å². The molecular formula is C11H22BN3O5. The molecule has 1 aliphatic rings. The van der Waals surface area contributed by atoms with Gasteiger partial charge in [0.2, 0.25) is 5.91 Å². The van der Waals surface area contributed by atoms with E-state index in [1.807, 2.05) is 0 Å². The summed E-state index contributed by atoms with van der Waals surface area (Å²) in [5.41, 5.74) is 9.89. The number of hydrogen-bond acceptors (Lipinski definition) is 6. The third kappa shape index (κ3) is 4.17. The minimum Gasteiger partial charge on any atom is -0.480 e. The lowest BCUT2D eigenvalue weighted by atomic mass is 9.75. The fourth-order valence-corrected chi connectivity index (χ4v) is 2.55. The zero-order chi connectivity index (χ0) is 15.5. The molecular weight excluding hydrogens is 265 g/mol. The lowest BCUT2D eigenvalue weighted by molar-refractivity contribution is -0.149. The van der Waals surface area contributed by atoms with Crippen molar-refractivity contribution in [2.45, 2.75) is 37.7 Å². The van der Waals surface area contributed by atoms with Gasteiger partial charge in [-0.1, -0.05) is 6.42 Å². The maximum atomic E-state index is 11.9. The number of carboxylic acid groups (broad SMARTS) is 1. The normalized spacial score (nSPS) is 28.1. The second-order valence-electron chi connectivity index (χ2n) is 5.60. The zero-order valence-corrected chi connectivity index (χ0v) is 11.5. The van der Waals surface area contributed by atoms with Gasteiger partial charge in [-0.3, -0.25) is 9.59 Å². The van der Waals surface area contributed by atoms with Crippen molar-refractivity contribution in [3.63, 3.8) is 0 Å². The molecule has 9 heteroatoms. The Labute approximate surface area is 117 Å². The van der Waals surface area contributed by atoms with Crippen LogP contribution < -0.4 is 11.5 Å². The first-order valence-corrected chi connectivity index (χ1v) is 6.58. The van der Waals surface area contributed by atoms with Crippen LogP contribution in [-0.2, 0) is 9.59 Å². The summed E-state index contributed by atoms with van der Waals surface area (Å²) in [5, 5.41) is 27.0. The van der Waals surface area contributed by atoms with Gasteiger partial charge < -0.3 is 31.5 Å². The van der Waals surface area contributed by atoms with Crippen LogP contribution in [0.2, 0.25) is 6.32 Å². The molecule has 1 fully saturated rings. The Kier molecular flexibility index (Phi) is 5.52. The maximum absolute atomic E-state index is 11.9. The molecule has 114 valence electrons. The van der Waals surface area contributed by atoms with Gasteiger partial charge in [-0.15, -0.1) is 0 Å². The molecule has 3 atom stereocenters. The average Bonchev–Trinajstić information content (AvgIpc) is 2.34. The summed E-state index contributed by atoms with van der Waals surface area (Å²) in [6, 6.07) is -0.727. The number of carbonyl (C=O) groups excluding carboxylic acids is 1. The number of hydrogen-bond donors (Lipinski definition) is 5. The Hall–Kier alpha value is -1.16. The van der Waals surface area contributed by atoms with E-state index >= 15 is 0 Å². The Morgan fingerprint density at radius 2 is 2.10 bits per heavy atom. The summed E-state index contributed by atoms with van der Waals surface area (Å²) < 4.78 is 0. The van der Waals surface area contributed by atoms with Crippen molar-refractivity contribution in [3.8, 4) is 0 Å². The van der Waals surface area contributed by atoms with Gasteiger partial charge in [-0.05, 0) is 25.6 Å². The summed E-state index contributed by atoms with van der Waals surface area (Å²) >= 11 is 0. The molecule has 0 radical (unpaired) electrons. The molecule has 1 heterocycles. The fraction of sp³-hybridized carbons (Fsp3) is 0.818. The SMILES string of the molecule is C[C@H](N)C(=O)N1C[C@@H](CCB(O)O)C[C@](N)(C(=O)O)C1. The number of carbonyl (C=O) groups is 2. The van der Waals surface area contributed by atoms with E-state index in [0.717, 1.165) is 0 Å². The molecule has 1 saturated heterocycles. The van der Waals surface area contributed by atoms with Gasteiger partial charge >= 0.3 is 13.1 Å². The second kappa shape index (κ2) is 6.53. The first kappa shape index (κ1) is 16.9. The quantitative estimate of drug-likeness (QED) is 0.361. The summed E-state index contributed by atoms with van der Waals surface area (Å²) in [6.07, 6.45) is 0.686. The number of rotatable bonds is 5. The van der Waals surface area contributed by atoms with Crippen LogP contribution in [0.4, 0.5) is 0 Å². The minimum atomic E-state index is -1.52. The van der Waals surface area contributed by atoms with Crippen LogP contribution in [0.5, 0.6) is 0 Å². The highest BCUT2D eigenvalue weighted by molar-refractivity contribution is 6.40. The van der Waals surface area contributed by atoms with Crippen LogP contribution >= 0.6 is 0 Å². The van der Waals surface area contributed by atoms with E-state index in [4.69, 9.17) is 21.5 Å². The highest BCUT2D eigenvalue weighted by Crippen LogP contribution is 2.28. The molecule has 0 bridgehead atoms. The van der Waals surface area contributed by atoms with Crippen molar-refractivity contribution in [3.05, 3.63) is 0 Å². The molecule has 0 spiro atoms. The summed E-state index contributed by atoms with van der Waals surface area (Å²) in [7, 11) is -1.45. The first-order chi connectivity index (χ1) is 9.15. The monoisotopic (exact) mass is 287 g/mol. The van der Waals surface area contributed by atoms with Gasteiger partial charge in [-0.2, -0.15) is 0 Å². The van der Waals surface area contributed by atoms with Crippen LogP contribution in [0.25, 0.3) is 0 Å². The average molecular weight is 287 g/mol. The van der Waals surface area contributed by atoms with Crippen molar-refractivity contribution in [2.24, 2.45) is 17.4 Å². The number of likely N-dealkylation sites (tertiary alicyclic amines) is 1. The summed E-state index contributed by atoms with van der Waals surface area (Å²) in [6.45, 7) is 1.78. The van der Waals surface area contributed by atoms with Gasteiger partial charge in [0.1, 0.15) is 5.54 Å². The number of piperidine rings is 1. The molecule has 8 nitrogen and oxygen atoms in total. The highest BCUT2D eigenvalue weighted by atomic mass is 16.4. The van der Waals surface area contributed by atoms with Crippen LogP contribution in [0.15, 0.2) is 0 Å². The van der Waals surface area contributed by atoms with E-state index in [0.29, 0.717) is 13.0 Å². The third-order valence-corrected chi connectivity index (χ3v) is 3.56. The molecule has 1 rings (SSSR count). The lowest BCUT2D eigenvalue weighted by Crippen LogP contribution is -2.64. The topological polar surface area (TPSA) is 150 Å². The highest BCUT2D eigenvalue weighted by Gasteiger charge is 2.44. The van der Waals surface area contributed by atoms with E-state index in [2.05, 4.69) is 0 Å². The van der Waals surface area contributed by atoms with E-state index in [1.165, 1.54) is 11.8 Å². The van der Waals surface area contributed by atoms with E-state index < -0.39 is 24.7 Å². The largest absolute Gasteiger partial charge is 0.480 e. The van der Waals surface area contributed by atoms with Gasteiger partial charge in [0.25, 0.3) is 0 Å². The molecule has 1 aliphatic heterocycles. The number of carboxylic acids is 1. The standard InChI is InChI=1S/C11H22BN3O5/c1-7(13)9(16)15-5-8(2-3-12(19)20)4-11(14,6-15)10(17)18/h7-8,19-20H,2-6,13-14H2,1H3,(H,17,18)/t7-,8-,11+/m0/s1. The van der Waals surface area contributed by atoms with Gasteiger partial charge in [0, 0.05) is 13.1 Å². The number of nitrogens with zero attached hydrogens (tertiary/aromatic N) is 1. The summed E-state index contributed by atoms with van der Waals surface area (Å²) in [5.74, 6) is -1.72. The van der Waals surface area contributed by atoms with Gasteiger partial charge in [-0.25, -0.2) is 0 Å². The van der Waals surface area contributed by atoms with Crippen molar-refractivity contribution in [2.75, 3.05) is 13.1 Å². The molecule has 0 aromatic carbocycles. The predicted molar refractivity (Wildman–Crippen MR) is 72.5 cm³/mol. The lowest BCUT2D eigenvalue weighted by Gasteiger charge is -2.42. The molecule has 0 aliphatic carbocycles. The van der Waals surface area contributed by atoms with Crippen molar-refractivity contribution >= 4 is 19.0 Å². The van der Waals surface area contributed by atoms with E-state index in [-0.39, 0.29) is 31.1 Å². The van der Waals surface area contributed by atoms with Crippen molar-refractivity contribution in [1.82, 2.24) is 4.90 Å². The Morgan fingerprint density at radius 3 is 2.55 bits per heavy atom. The molecule has 20 heavy (non-hydrogen) atoms. The number of nitrogens with two attached hydrogens (primary N) is 2. The molecule has 0 saturated carbocycles. The fourth-order valence-electron chi connectivity index (χ4n) is 2.55. The Bertz CT molecular complexity index is 379. The van der Waals surface area contributed by atoms with Crippen LogP contribution in [0.3, 0.4) is 0 Å². The molecule has 0 unspecified atom stereocenters. The first-order valence-electron chi connectivity index (χ1n) is 6.58. The zero-order valence-electron chi connectivity index (χ0n) is 11.5. The van der Waals surface area contributed by atoms with Crippen molar-refractivity contribution < 1.29 is 24.7 Å². The maximum Gasteiger partial charge on any atom is 0.451 e. The molecule has 7 N–H and O–H groups in total. The number of aliphatic carboxylic acids is 1. The molecule has 0 aromatic heterocycles. The molecule has 1 amide bonds. The smallest absolute Gasteiger partial charge is 0.451 e. The van der Waals surface area contributed by atoms with Gasteiger partial charge in [0.15, 0.2) is 0 Å². The van der Waals surface area contributed by atoms with Gasteiger partial charge in [0.05, 0.1) is 6.04 Å². The Morgan fingerprint density at radius 1 is 1.50 bits per heavy atom. The predicted octanol–water partition coefficient (Wildman–Crippen LogP) is -2.17.